The largest absolute Gasteiger partial charge is 0.397 e. The molecule has 3 nitrogen and oxygen atoms in total. The molecule has 0 amide bonds. The van der Waals surface area contributed by atoms with Crippen LogP contribution in [0.25, 0.3) is 0 Å². The van der Waals surface area contributed by atoms with Crippen molar-refractivity contribution in [2.75, 3.05) is 17.3 Å². The summed E-state index contributed by atoms with van der Waals surface area (Å²) < 4.78 is 0. The zero-order valence-corrected chi connectivity index (χ0v) is 10.7. The molecule has 2 aromatic rings. The Morgan fingerprint density at radius 3 is 2.41 bits per heavy atom. The first-order valence-electron chi connectivity index (χ1n) is 5.33. The van der Waals surface area contributed by atoms with Crippen LogP contribution in [0.15, 0.2) is 41.3 Å². The maximum absolute atomic E-state index is 5.73. The molecule has 0 saturated carbocycles. The van der Waals surface area contributed by atoms with Crippen molar-refractivity contribution in [2.24, 2.45) is 0 Å². The van der Waals surface area contributed by atoms with Crippen LogP contribution >= 0.6 is 11.8 Å². The van der Waals surface area contributed by atoms with Crippen molar-refractivity contribution in [2.45, 2.75) is 11.8 Å². The van der Waals surface area contributed by atoms with Crippen LogP contribution in [0.2, 0.25) is 0 Å². The van der Waals surface area contributed by atoms with Gasteiger partial charge in [-0.3, -0.25) is 0 Å². The van der Waals surface area contributed by atoms with Crippen molar-refractivity contribution in [1.29, 1.82) is 0 Å². The summed E-state index contributed by atoms with van der Waals surface area (Å²) in [6.45, 7) is 1.90. The highest BCUT2D eigenvalue weighted by Gasteiger charge is 1.99. The summed E-state index contributed by atoms with van der Waals surface area (Å²) in [6, 6.07) is 12.0. The number of thioether (sulfide) groups is 1. The van der Waals surface area contributed by atoms with E-state index in [-0.39, 0.29) is 0 Å². The minimum atomic E-state index is 0.716. The highest BCUT2D eigenvalue weighted by atomic mass is 32.2. The molecule has 0 aliphatic rings. The van der Waals surface area contributed by atoms with Gasteiger partial charge in [0.1, 0.15) is 5.82 Å². The normalized spacial score (nSPS) is 10.2. The molecule has 1 aromatic carbocycles. The number of nitrogens with two attached hydrogens (primary N) is 1. The van der Waals surface area contributed by atoms with Crippen molar-refractivity contribution in [3.63, 3.8) is 0 Å². The van der Waals surface area contributed by atoms with Gasteiger partial charge in [0.25, 0.3) is 0 Å². The molecule has 0 unspecified atom stereocenters. The molecule has 2 rings (SSSR count). The van der Waals surface area contributed by atoms with Crippen LogP contribution in [0.4, 0.5) is 17.2 Å². The second kappa shape index (κ2) is 5.10. The first kappa shape index (κ1) is 11.8. The van der Waals surface area contributed by atoms with Gasteiger partial charge in [-0.25, -0.2) is 4.98 Å². The summed E-state index contributed by atoms with van der Waals surface area (Å²) in [5.41, 5.74) is 8.31. The molecule has 0 radical (unpaired) electrons. The van der Waals surface area contributed by atoms with Crippen molar-refractivity contribution in [1.82, 2.24) is 4.98 Å². The van der Waals surface area contributed by atoms with Gasteiger partial charge in [0.2, 0.25) is 0 Å². The highest BCUT2D eigenvalue weighted by molar-refractivity contribution is 7.98. The minimum Gasteiger partial charge on any atom is -0.397 e. The van der Waals surface area contributed by atoms with Gasteiger partial charge < -0.3 is 11.1 Å². The van der Waals surface area contributed by atoms with E-state index in [9.17, 15) is 0 Å². The zero-order chi connectivity index (χ0) is 12.3. The van der Waals surface area contributed by atoms with Crippen LogP contribution in [0.3, 0.4) is 0 Å². The lowest BCUT2D eigenvalue weighted by atomic mass is 10.3. The number of aryl methyl sites for hydroxylation is 1. The van der Waals surface area contributed by atoms with Crippen LogP contribution in [0.1, 0.15) is 5.69 Å². The van der Waals surface area contributed by atoms with E-state index in [4.69, 9.17) is 5.73 Å². The zero-order valence-electron chi connectivity index (χ0n) is 9.90. The fourth-order valence-electron chi connectivity index (χ4n) is 1.46. The van der Waals surface area contributed by atoms with Crippen LogP contribution in [0, 0.1) is 6.92 Å². The van der Waals surface area contributed by atoms with Crippen LogP contribution in [0.5, 0.6) is 0 Å². The van der Waals surface area contributed by atoms with Gasteiger partial charge in [0.15, 0.2) is 0 Å². The Bertz CT molecular complexity index is 509. The molecule has 0 saturated heterocycles. The number of anilines is 3. The van der Waals surface area contributed by atoms with Gasteiger partial charge in [-0.2, -0.15) is 0 Å². The summed E-state index contributed by atoms with van der Waals surface area (Å²) in [7, 11) is 0. The predicted molar refractivity (Wildman–Crippen MR) is 74.9 cm³/mol. The van der Waals surface area contributed by atoms with E-state index in [0.29, 0.717) is 5.69 Å². The molecule has 0 bridgehead atoms. The van der Waals surface area contributed by atoms with Crippen LogP contribution in [-0.2, 0) is 0 Å². The fourth-order valence-corrected chi connectivity index (χ4v) is 1.87. The Kier molecular flexibility index (Phi) is 3.54. The second-order valence-corrected chi connectivity index (χ2v) is 4.60. The molecule has 3 N–H and O–H groups in total. The molecule has 1 aromatic heterocycles. The highest BCUT2D eigenvalue weighted by Crippen LogP contribution is 2.21. The monoisotopic (exact) mass is 245 g/mol. The first-order valence-corrected chi connectivity index (χ1v) is 6.56. The van der Waals surface area contributed by atoms with Crippen molar-refractivity contribution >= 4 is 29.0 Å². The Balaban J connectivity index is 2.16. The number of nitrogens with one attached hydrogen (secondary N) is 1. The number of nitrogens with zero attached hydrogens (tertiary/aromatic N) is 1. The minimum absolute atomic E-state index is 0.716. The molecule has 88 valence electrons. The van der Waals surface area contributed by atoms with Crippen molar-refractivity contribution in [3.8, 4) is 0 Å². The third-order valence-electron chi connectivity index (χ3n) is 2.49. The van der Waals surface area contributed by atoms with Gasteiger partial charge in [-0.05, 0) is 49.6 Å². The summed E-state index contributed by atoms with van der Waals surface area (Å²) >= 11 is 1.73. The van der Waals surface area contributed by atoms with Gasteiger partial charge in [-0.15, -0.1) is 11.8 Å². The molecule has 0 aliphatic carbocycles. The lowest BCUT2D eigenvalue weighted by molar-refractivity contribution is 1.20. The molecule has 0 atom stereocenters. The maximum atomic E-state index is 5.73. The van der Waals surface area contributed by atoms with Crippen molar-refractivity contribution in [3.05, 3.63) is 42.1 Å². The van der Waals surface area contributed by atoms with Gasteiger partial charge in [-0.1, -0.05) is 0 Å². The quantitative estimate of drug-likeness (QED) is 0.813. The average molecular weight is 245 g/mol. The first-order chi connectivity index (χ1) is 8.19. The predicted octanol–water partition coefficient (Wildman–Crippen LogP) is 3.44. The van der Waals surface area contributed by atoms with E-state index < -0.39 is 0 Å². The topological polar surface area (TPSA) is 50.9 Å². The van der Waals surface area contributed by atoms with E-state index in [2.05, 4.69) is 28.7 Å². The summed E-state index contributed by atoms with van der Waals surface area (Å²) in [5, 5.41) is 3.25. The Morgan fingerprint density at radius 1 is 1.12 bits per heavy atom. The number of hydrogen-bond acceptors (Lipinski definition) is 4. The molecule has 0 aliphatic heterocycles. The maximum Gasteiger partial charge on any atom is 0.130 e. The van der Waals surface area contributed by atoms with E-state index in [1.54, 1.807) is 11.8 Å². The third kappa shape index (κ3) is 2.91. The number of benzene rings is 1. The lowest BCUT2D eigenvalue weighted by Crippen LogP contribution is -1.98. The molecular formula is C13H15N3S. The standard InChI is InChI=1S/C13H15N3S/c1-9-12(14)7-8-13(15-9)16-10-3-5-11(17-2)6-4-10/h3-8H,14H2,1-2H3,(H,15,16). The SMILES string of the molecule is CSc1ccc(Nc2ccc(N)c(C)n2)cc1. The van der Waals surface area contributed by atoms with E-state index >= 15 is 0 Å². The number of nitrogen functional groups attached to an aromatic ring is 1. The number of pyridine rings is 1. The summed E-state index contributed by atoms with van der Waals surface area (Å²) in [5.74, 6) is 0.814. The molecule has 0 spiro atoms. The Labute approximate surface area is 105 Å². The average Bonchev–Trinajstić information content (AvgIpc) is 2.35. The van der Waals surface area contributed by atoms with Gasteiger partial charge in [0.05, 0.1) is 11.4 Å². The molecule has 17 heavy (non-hydrogen) atoms. The molecular weight excluding hydrogens is 230 g/mol. The number of hydrogen-bond donors (Lipinski definition) is 2. The smallest absolute Gasteiger partial charge is 0.130 e. The van der Waals surface area contributed by atoms with E-state index in [1.165, 1.54) is 4.90 Å². The van der Waals surface area contributed by atoms with Gasteiger partial charge in [0, 0.05) is 10.6 Å². The fraction of sp³-hybridized carbons (Fsp3) is 0.154. The Morgan fingerprint density at radius 2 is 1.82 bits per heavy atom. The van der Waals surface area contributed by atoms with Crippen LogP contribution < -0.4 is 11.1 Å². The number of aromatic nitrogens is 1. The van der Waals surface area contributed by atoms with Crippen molar-refractivity contribution < 1.29 is 0 Å². The van der Waals surface area contributed by atoms with Crippen LogP contribution in [-0.4, -0.2) is 11.2 Å². The number of rotatable bonds is 3. The second-order valence-electron chi connectivity index (χ2n) is 3.72. The Hall–Kier alpha value is -1.68. The third-order valence-corrected chi connectivity index (χ3v) is 3.23. The molecule has 1 heterocycles. The molecule has 0 fully saturated rings. The summed E-state index contributed by atoms with van der Waals surface area (Å²) in [4.78, 5) is 5.62. The summed E-state index contributed by atoms with van der Waals surface area (Å²) in [6.07, 6.45) is 2.06. The van der Waals surface area contributed by atoms with E-state index in [0.717, 1.165) is 17.2 Å². The van der Waals surface area contributed by atoms with Gasteiger partial charge >= 0.3 is 0 Å². The lowest BCUT2D eigenvalue weighted by Gasteiger charge is -2.08. The molecule has 4 heteroatoms. The van der Waals surface area contributed by atoms with E-state index in [1.807, 2.05) is 31.2 Å².